The Morgan fingerprint density at radius 3 is 2.74 bits per heavy atom. The van der Waals surface area contributed by atoms with Crippen LogP contribution in [0.15, 0.2) is 53.5 Å². The van der Waals surface area contributed by atoms with E-state index >= 15 is 0 Å². The molecule has 2 heterocycles. The van der Waals surface area contributed by atoms with E-state index in [2.05, 4.69) is 15.6 Å². The number of likely N-dealkylation sites (tertiary alicyclic amines) is 1. The number of aliphatic imine (C=N–C) groups is 1. The summed E-state index contributed by atoms with van der Waals surface area (Å²) < 4.78 is 18.8. The van der Waals surface area contributed by atoms with Crippen LogP contribution in [0, 0.1) is 5.82 Å². The quantitative estimate of drug-likeness (QED) is 0.742. The number of para-hydroxylation sites is 1. The smallest absolute Gasteiger partial charge is 0.272 e. The lowest BCUT2D eigenvalue weighted by atomic mass is 9.98. The largest absolute Gasteiger partial charge is 0.496 e. The molecule has 2 amide bonds. The molecule has 0 saturated carbocycles. The van der Waals surface area contributed by atoms with Crippen molar-refractivity contribution in [3.63, 3.8) is 0 Å². The maximum Gasteiger partial charge on any atom is 0.272 e. The molecule has 2 aliphatic rings. The number of ether oxygens (including phenoxy) is 1. The third-order valence-electron chi connectivity index (χ3n) is 5.70. The number of rotatable bonds is 6. The maximum atomic E-state index is 13.5. The second-order valence-corrected chi connectivity index (χ2v) is 7.82. The van der Waals surface area contributed by atoms with Gasteiger partial charge in [0.1, 0.15) is 22.9 Å². The topological polar surface area (TPSA) is 83.0 Å². The fourth-order valence-electron chi connectivity index (χ4n) is 4.01. The predicted molar refractivity (Wildman–Crippen MR) is 114 cm³/mol. The minimum atomic E-state index is -0.677. The fourth-order valence-corrected chi connectivity index (χ4v) is 4.01. The average molecular weight is 424 g/mol. The van der Waals surface area contributed by atoms with Gasteiger partial charge in [-0.3, -0.25) is 19.5 Å². The predicted octanol–water partition coefficient (Wildman–Crippen LogP) is 1.86. The van der Waals surface area contributed by atoms with Crippen molar-refractivity contribution in [2.75, 3.05) is 26.7 Å². The molecular formula is C23H25FN4O3. The van der Waals surface area contributed by atoms with Gasteiger partial charge in [-0.05, 0) is 18.2 Å². The normalized spacial score (nSPS) is 17.9. The molecule has 31 heavy (non-hydrogen) atoms. The number of hydrogen-bond acceptors (Lipinski definition) is 5. The minimum Gasteiger partial charge on any atom is -0.496 e. The van der Waals surface area contributed by atoms with Gasteiger partial charge in [0.05, 0.1) is 13.7 Å². The minimum absolute atomic E-state index is 0.0683. The molecule has 162 valence electrons. The van der Waals surface area contributed by atoms with Crippen LogP contribution in [0.1, 0.15) is 24.0 Å². The molecule has 1 saturated heterocycles. The van der Waals surface area contributed by atoms with Crippen LogP contribution in [-0.2, 0) is 16.1 Å². The number of halogens is 1. The molecule has 1 spiro atoms. The molecule has 2 N–H and O–H groups in total. The summed E-state index contributed by atoms with van der Waals surface area (Å²) in [4.78, 5) is 31.5. The highest BCUT2D eigenvalue weighted by Gasteiger charge is 2.42. The molecule has 2 aliphatic heterocycles. The molecule has 0 atom stereocenters. The standard InChI is InChI=1S/C23H25FN4O3/c1-31-19-8-3-2-5-17(19)14-25-20(29)15-28-11-9-23(10-12-28)26-21(22(30)27-23)16-6-4-7-18(24)13-16/h2-8,13H,9-12,14-15H2,1H3,(H,25,29)(H,27,30). The third-order valence-corrected chi connectivity index (χ3v) is 5.70. The Hall–Kier alpha value is -3.26. The lowest BCUT2D eigenvalue weighted by Gasteiger charge is -2.36. The Morgan fingerprint density at radius 2 is 2.00 bits per heavy atom. The molecule has 0 radical (unpaired) electrons. The summed E-state index contributed by atoms with van der Waals surface area (Å²) in [5.41, 5.74) is 0.988. The van der Waals surface area contributed by atoms with Crippen LogP contribution in [0.4, 0.5) is 4.39 Å². The number of carbonyl (C=O) groups is 2. The van der Waals surface area contributed by atoms with Crippen molar-refractivity contribution in [1.29, 1.82) is 0 Å². The number of nitrogens with one attached hydrogen (secondary N) is 2. The summed E-state index contributed by atoms with van der Waals surface area (Å²) >= 11 is 0. The highest BCUT2D eigenvalue weighted by Crippen LogP contribution is 2.29. The van der Waals surface area contributed by atoms with Crippen LogP contribution in [0.5, 0.6) is 5.75 Å². The Labute approximate surface area is 180 Å². The van der Waals surface area contributed by atoms with Gasteiger partial charge in [0.15, 0.2) is 0 Å². The Balaban J connectivity index is 1.31. The number of methoxy groups -OCH3 is 1. The second-order valence-electron chi connectivity index (χ2n) is 7.82. The zero-order valence-electron chi connectivity index (χ0n) is 17.4. The van der Waals surface area contributed by atoms with Crippen molar-refractivity contribution in [3.05, 3.63) is 65.5 Å². The number of amides is 2. The lowest BCUT2D eigenvalue weighted by molar-refractivity contribution is -0.123. The number of hydrogen-bond donors (Lipinski definition) is 2. The van der Waals surface area contributed by atoms with Gasteiger partial charge in [-0.25, -0.2) is 4.39 Å². The van der Waals surface area contributed by atoms with Crippen LogP contribution in [0.2, 0.25) is 0 Å². The highest BCUT2D eigenvalue weighted by atomic mass is 19.1. The molecule has 0 aliphatic carbocycles. The summed E-state index contributed by atoms with van der Waals surface area (Å²) in [6.07, 6.45) is 1.19. The molecule has 2 aromatic carbocycles. The van der Waals surface area contributed by atoms with Crippen molar-refractivity contribution in [1.82, 2.24) is 15.5 Å². The van der Waals surface area contributed by atoms with E-state index in [4.69, 9.17) is 4.74 Å². The van der Waals surface area contributed by atoms with Gasteiger partial charge in [0.25, 0.3) is 5.91 Å². The van der Waals surface area contributed by atoms with E-state index in [0.717, 1.165) is 11.3 Å². The van der Waals surface area contributed by atoms with Gasteiger partial charge in [-0.15, -0.1) is 0 Å². The van der Waals surface area contributed by atoms with Crippen LogP contribution in [-0.4, -0.2) is 54.8 Å². The molecule has 0 bridgehead atoms. The first-order valence-corrected chi connectivity index (χ1v) is 10.3. The molecule has 0 aromatic heterocycles. The fraction of sp³-hybridized carbons (Fsp3) is 0.348. The summed E-state index contributed by atoms with van der Waals surface area (Å²) in [6.45, 7) is 1.93. The maximum absolute atomic E-state index is 13.5. The van der Waals surface area contributed by atoms with E-state index in [-0.39, 0.29) is 24.1 Å². The third kappa shape index (κ3) is 4.74. The number of carbonyl (C=O) groups excluding carboxylic acids is 2. The van der Waals surface area contributed by atoms with E-state index in [1.165, 1.54) is 12.1 Å². The zero-order valence-corrected chi connectivity index (χ0v) is 17.4. The summed E-state index contributed by atoms with van der Waals surface area (Å²) in [7, 11) is 1.61. The molecule has 8 heteroatoms. The van der Waals surface area contributed by atoms with Gasteiger partial charge < -0.3 is 15.4 Å². The average Bonchev–Trinajstić information content (AvgIpc) is 3.10. The van der Waals surface area contributed by atoms with Crippen molar-refractivity contribution in [3.8, 4) is 5.75 Å². The number of benzene rings is 2. The first-order valence-electron chi connectivity index (χ1n) is 10.3. The second kappa shape index (κ2) is 8.85. The Kier molecular flexibility index (Phi) is 5.99. The van der Waals surface area contributed by atoms with E-state index in [1.54, 1.807) is 19.2 Å². The Bertz CT molecular complexity index is 1020. The monoisotopic (exact) mass is 424 g/mol. The summed E-state index contributed by atoms with van der Waals surface area (Å²) in [5.74, 6) is -0.00979. The molecular weight excluding hydrogens is 399 g/mol. The molecule has 0 unspecified atom stereocenters. The lowest BCUT2D eigenvalue weighted by Crippen LogP contribution is -2.52. The molecule has 2 aromatic rings. The van der Waals surface area contributed by atoms with Crippen LogP contribution in [0.3, 0.4) is 0 Å². The highest BCUT2D eigenvalue weighted by molar-refractivity contribution is 6.46. The van der Waals surface area contributed by atoms with Crippen LogP contribution < -0.4 is 15.4 Å². The zero-order chi connectivity index (χ0) is 21.8. The van der Waals surface area contributed by atoms with Gasteiger partial charge >= 0.3 is 0 Å². The van der Waals surface area contributed by atoms with Gasteiger partial charge in [0, 0.05) is 43.6 Å². The first kappa shape index (κ1) is 21.0. The summed E-state index contributed by atoms with van der Waals surface area (Å²) in [6, 6.07) is 13.5. The van der Waals surface area contributed by atoms with Crippen LogP contribution >= 0.6 is 0 Å². The number of nitrogens with zero attached hydrogens (tertiary/aromatic N) is 2. The Morgan fingerprint density at radius 1 is 1.23 bits per heavy atom. The molecule has 7 nitrogen and oxygen atoms in total. The van der Waals surface area contributed by atoms with Crippen molar-refractivity contribution in [2.45, 2.75) is 25.0 Å². The van der Waals surface area contributed by atoms with Crippen LogP contribution in [0.25, 0.3) is 0 Å². The first-order chi connectivity index (χ1) is 15.0. The van der Waals surface area contributed by atoms with E-state index in [9.17, 15) is 14.0 Å². The SMILES string of the molecule is COc1ccccc1CNC(=O)CN1CCC2(CC1)N=C(c1cccc(F)c1)C(=O)N2. The van der Waals surface area contributed by atoms with Crippen molar-refractivity contribution < 1.29 is 18.7 Å². The summed E-state index contributed by atoms with van der Waals surface area (Å²) in [5, 5.41) is 5.89. The molecule has 1 fully saturated rings. The van der Waals surface area contributed by atoms with E-state index < -0.39 is 11.5 Å². The number of piperidine rings is 1. The van der Waals surface area contributed by atoms with Crippen molar-refractivity contribution >= 4 is 17.5 Å². The molecule has 4 rings (SSSR count). The van der Waals surface area contributed by atoms with E-state index in [0.29, 0.717) is 38.0 Å². The van der Waals surface area contributed by atoms with Gasteiger partial charge in [0.2, 0.25) is 5.91 Å². The van der Waals surface area contributed by atoms with Crippen molar-refractivity contribution in [2.24, 2.45) is 4.99 Å². The van der Waals surface area contributed by atoms with E-state index in [1.807, 2.05) is 29.2 Å². The van der Waals surface area contributed by atoms with Gasteiger partial charge in [-0.2, -0.15) is 0 Å². The van der Waals surface area contributed by atoms with Gasteiger partial charge in [-0.1, -0.05) is 30.3 Å².